The molecule has 3 aromatic carbocycles. The number of benzene rings is 3. The average Bonchev–Trinajstić information content (AvgIpc) is 3.51. The molecule has 0 saturated carbocycles. The number of aryl methyl sites for hydroxylation is 2. The Labute approximate surface area is 249 Å². The second-order valence-corrected chi connectivity index (χ2v) is 11.8. The first-order valence-corrected chi connectivity index (χ1v) is 14.6. The van der Waals surface area contributed by atoms with Crippen LogP contribution in [0.4, 0.5) is 5.13 Å². The Bertz CT molecular complexity index is 1690. The molecule has 42 heavy (non-hydrogen) atoms. The zero-order valence-corrected chi connectivity index (χ0v) is 25.4. The number of hydrogen-bond donors (Lipinski definition) is 1. The van der Waals surface area contributed by atoms with Crippen molar-refractivity contribution in [3.63, 3.8) is 0 Å². The number of carbonyl (C=O) groups is 2. The molecule has 1 aliphatic heterocycles. The highest BCUT2D eigenvalue weighted by atomic mass is 32.1. The molecule has 0 radical (unpaired) electrons. The Morgan fingerprint density at radius 1 is 1.00 bits per heavy atom. The van der Waals surface area contributed by atoms with Crippen LogP contribution in [0, 0.1) is 19.8 Å². The molecule has 5 rings (SSSR count). The number of aliphatic hydroxyl groups is 1. The largest absolute Gasteiger partial charge is 0.507 e. The number of fused-ring (bicyclic) bond motifs is 1. The van der Waals surface area contributed by atoms with Crippen molar-refractivity contribution in [3.8, 4) is 17.2 Å². The zero-order chi connectivity index (χ0) is 30.1. The Morgan fingerprint density at radius 2 is 1.74 bits per heavy atom. The average molecular weight is 587 g/mol. The Hall–Kier alpha value is -4.37. The maximum absolute atomic E-state index is 13.7. The summed E-state index contributed by atoms with van der Waals surface area (Å²) in [7, 11) is 3.09. The lowest BCUT2D eigenvalue weighted by Crippen LogP contribution is -2.29. The van der Waals surface area contributed by atoms with Crippen LogP contribution in [0.3, 0.4) is 0 Å². The van der Waals surface area contributed by atoms with Gasteiger partial charge in [0.1, 0.15) is 11.5 Å². The minimum Gasteiger partial charge on any atom is -0.507 e. The number of ether oxygens (including phenoxy) is 3. The number of nitrogens with zero attached hydrogens (tertiary/aromatic N) is 2. The quantitative estimate of drug-likeness (QED) is 0.128. The maximum Gasteiger partial charge on any atom is 0.301 e. The van der Waals surface area contributed by atoms with Gasteiger partial charge in [-0.25, -0.2) is 4.98 Å². The molecular formula is C33H34N2O6S. The minimum atomic E-state index is -0.951. The van der Waals surface area contributed by atoms with Crippen molar-refractivity contribution < 1.29 is 28.9 Å². The van der Waals surface area contributed by atoms with Crippen molar-refractivity contribution in [3.05, 3.63) is 82.4 Å². The first kappa shape index (κ1) is 29.1. The fraction of sp³-hybridized carbons (Fsp3) is 0.303. The summed E-state index contributed by atoms with van der Waals surface area (Å²) in [5.74, 6) is 0.252. The smallest absolute Gasteiger partial charge is 0.301 e. The number of carbonyl (C=O) groups excluding carboxylic acids is 2. The van der Waals surface area contributed by atoms with Gasteiger partial charge in [-0.15, -0.1) is 0 Å². The molecule has 8 nitrogen and oxygen atoms in total. The number of methoxy groups -OCH3 is 2. The molecule has 1 unspecified atom stereocenters. The number of Topliss-reactive ketones (excluding diaryl/α,β-unsaturated/α-hetero) is 1. The van der Waals surface area contributed by atoms with Gasteiger partial charge in [0, 0.05) is 5.56 Å². The molecule has 0 spiro atoms. The van der Waals surface area contributed by atoms with Crippen molar-refractivity contribution in [2.24, 2.45) is 5.92 Å². The minimum absolute atomic E-state index is 0.0344. The number of hydrogen-bond acceptors (Lipinski definition) is 8. The summed E-state index contributed by atoms with van der Waals surface area (Å²) < 4.78 is 17.8. The van der Waals surface area contributed by atoms with E-state index in [1.165, 1.54) is 16.2 Å². The van der Waals surface area contributed by atoms with Crippen LogP contribution in [0.25, 0.3) is 16.0 Å². The van der Waals surface area contributed by atoms with E-state index in [9.17, 15) is 14.7 Å². The van der Waals surface area contributed by atoms with Crippen LogP contribution in [0.2, 0.25) is 0 Å². The number of thiazole rings is 1. The molecular weight excluding hydrogens is 552 g/mol. The third-order valence-electron chi connectivity index (χ3n) is 7.29. The highest BCUT2D eigenvalue weighted by Crippen LogP contribution is 2.46. The summed E-state index contributed by atoms with van der Waals surface area (Å²) in [6.07, 6.45) is 0.878. The predicted octanol–water partition coefficient (Wildman–Crippen LogP) is 6.98. The molecule has 1 N–H and O–H groups in total. The zero-order valence-electron chi connectivity index (χ0n) is 24.6. The van der Waals surface area contributed by atoms with Crippen LogP contribution in [0.1, 0.15) is 48.6 Å². The summed E-state index contributed by atoms with van der Waals surface area (Å²) >= 11 is 1.33. The number of ketones is 1. The monoisotopic (exact) mass is 586 g/mol. The van der Waals surface area contributed by atoms with Gasteiger partial charge < -0.3 is 19.3 Å². The number of anilines is 1. The van der Waals surface area contributed by atoms with E-state index >= 15 is 0 Å². The van der Waals surface area contributed by atoms with Gasteiger partial charge in [-0.05, 0) is 85.3 Å². The van der Waals surface area contributed by atoms with E-state index in [1.54, 1.807) is 56.7 Å². The fourth-order valence-electron chi connectivity index (χ4n) is 5.09. The molecule has 0 bridgehead atoms. The van der Waals surface area contributed by atoms with Crippen LogP contribution >= 0.6 is 11.3 Å². The number of aromatic nitrogens is 1. The third-order valence-corrected chi connectivity index (χ3v) is 8.29. The van der Waals surface area contributed by atoms with Gasteiger partial charge in [0.15, 0.2) is 16.6 Å². The van der Waals surface area contributed by atoms with Gasteiger partial charge in [-0.3, -0.25) is 14.5 Å². The molecule has 0 aliphatic carbocycles. The van der Waals surface area contributed by atoms with E-state index in [4.69, 9.17) is 19.2 Å². The molecule has 9 heteroatoms. The lowest BCUT2D eigenvalue weighted by atomic mass is 9.95. The predicted molar refractivity (Wildman–Crippen MR) is 165 cm³/mol. The number of rotatable bonds is 9. The summed E-state index contributed by atoms with van der Waals surface area (Å²) in [5, 5.41) is 11.9. The van der Waals surface area contributed by atoms with Gasteiger partial charge in [-0.1, -0.05) is 37.3 Å². The molecule has 4 aromatic rings. The van der Waals surface area contributed by atoms with Crippen LogP contribution in [0.15, 0.2) is 60.2 Å². The summed E-state index contributed by atoms with van der Waals surface area (Å²) in [6, 6.07) is 15.1. The van der Waals surface area contributed by atoms with Gasteiger partial charge in [-0.2, -0.15) is 0 Å². The standard InChI is InChI=1S/C33H34N2O6S/c1-18(2)13-14-41-24-12-9-22(17-25(24)40-6)29-27(30(36)21-7-10-23(39-5)11-8-21)31(37)32(38)35(29)33-34-28-20(4)15-19(3)16-26(28)42-33/h7-12,15-18,29,36H,13-14H2,1-6H3. The second-order valence-electron chi connectivity index (χ2n) is 10.8. The molecule has 1 atom stereocenters. The molecule has 1 fully saturated rings. The van der Waals surface area contributed by atoms with Gasteiger partial charge >= 0.3 is 5.91 Å². The van der Waals surface area contributed by atoms with Gasteiger partial charge in [0.25, 0.3) is 5.78 Å². The maximum atomic E-state index is 13.7. The summed E-state index contributed by atoms with van der Waals surface area (Å²) in [4.78, 5) is 33.6. The van der Waals surface area contributed by atoms with Gasteiger partial charge in [0.2, 0.25) is 0 Å². The highest BCUT2D eigenvalue weighted by Gasteiger charge is 2.48. The van der Waals surface area contributed by atoms with Crippen molar-refractivity contribution in [1.29, 1.82) is 0 Å². The highest BCUT2D eigenvalue weighted by molar-refractivity contribution is 7.22. The first-order chi connectivity index (χ1) is 20.1. The lowest BCUT2D eigenvalue weighted by molar-refractivity contribution is -0.132. The molecule has 2 heterocycles. The van der Waals surface area contributed by atoms with E-state index in [2.05, 4.69) is 13.8 Å². The van der Waals surface area contributed by atoms with E-state index < -0.39 is 17.7 Å². The van der Waals surface area contributed by atoms with Crippen LogP contribution in [-0.2, 0) is 9.59 Å². The Morgan fingerprint density at radius 3 is 2.40 bits per heavy atom. The second kappa shape index (κ2) is 11.9. The SMILES string of the molecule is COc1ccc(C(O)=C2C(=O)C(=O)N(c3nc4c(C)cc(C)cc4s3)C2c2ccc(OCCC(C)C)c(OC)c2)cc1. The molecule has 1 amide bonds. The van der Waals surface area contributed by atoms with E-state index in [0.29, 0.717) is 46.0 Å². The number of aliphatic hydroxyl groups excluding tert-OH is 1. The van der Waals surface area contributed by atoms with Crippen LogP contribution in [-0.4, -0.2) is 42.6 Å². The normalized spacial score (nSPS) is 16.5. The molecule has 218 valence electrons. The molecule has 1 aliphatic rings. The van der Waals surface area contributed by atoms with Crippen molar-refractivity contribution in [2.75, 3.05) is 25.7 Å². The third kappa shape index (κ3) is 5.44. The number of amides is 1. The lowest BCUT2D eigenvalue weighted by Gasteiger charge is -2.24. The van der Waals surface area contributed by atoms with E-state index in [-0.39, 0.29) is 11.3 Å². The van der Waals surface area contributed by atoms with Crippen LogP contribution in [0.5, 0.6) is 17.2 Å². The van der Waals surface area contributed by atoms with E-state index in [0.717, 1.165) is 27.8 Å². The Kier molecular flexibility index (Phi) is 8.22. The first-order valence-electron chi connectivity index (χ1n) is 13.8. The topological polar surface area (TPSA) is 98.2 Å². The van der Waals surface area contributed by atoms with E-state index in [1.807, 2.05) is 26.0 Å². The van der Waals surface area contributed by atoms with Crippen molar-refractivity contribution in [2.45, 2.75) is 40.2 Å². The van der Waals surface area contributed by atoms with Crippen molar-refractivity contribution >= 4 is 44.1 Å². The summed E-state index contributed by atoms with van der Waals surface area (Å²) in [5.41, 5.74) is 3.74. The van der Waals surface area contributed by atoms with Gasteiger partial charge in [0.05, 0.1) is 42.7 Å². The molecule has 1 saturated heterocycles. The summed E-state index contributed by atoms with van der Waals surface area (Å²) in [6.45, 7) is 8.75. The Balaban J connectivity index is 1.67. The van der Waals surface area contributed by atoms with Crippen LogP contribution < -0.4 is 19.1 Å². The fourth-order valence-corrected chi connectivity index (χ4v) is 6.26. The molecule has 1 aromatic heterocycles. The van der Waals surface area contributed by atoms with Crippen molar-refractivity contribution in [1.82, 2.24) is 4.98 Å².